The zero-order valence-corrected chi connectivity index (χ0v) is 13.8. The number of ether oxygens (including phenoxy) is 2. The van der Waals surface area contributed by atoms with E-state index in [1.807, 2.05) is 0 Å². The SMILES string of the molecule is COC(=O)c1cccc(C(=O)N2CCO[C@@H](c3cccc(F)c3)C2)c1. The van der Waals surface area contributed by atoms with Gasteiger partial charge < -0.3 is 14.4 Å². The Balaban J connectivity index is 1.77. The van der Waals surface area contributed by atoms with Crippen LogP contribution in [0.4, 0.5) is 4.39 Å². The average Bonchev–Trinajstić information content (AvgIpc) is 2.67. The van der Waals surface area contributed by atoms with Gasteiger partial charge in [0.15, 0.2) is 0 Å². The summed E-state index contributed by atoms with van der Waals surface area (Å²) in [5.74, 6) is -1.03. The molecule has 1 amide bonds. The number of hydrogen-bond acceptors (Lipinski definition) is 4. The maximum absolute atomic E-state index is 13.4. The Morgan fingerprint density at radius 2 is 1.92 bits per heavy atom. The molecule has 2 aromatic carbocycles. The van der Waals surface area contributed by atoms with E-state index in [1.54, 1.807) is 35.2 Å². The number of nitrogens with zero attached hydrogens (tertiary/aromatic N) is 1. The van der Waals surface area contributed by atoms with Crippen LogP contribution in [0.15, 0.2) is 48.5 Å². The van der Waals surface area contributed by atoms with Crippen LogP contribution < -0.4 is 0 Å². The lowest BCUT2D eigenvalue weighted by Crippen LogP contribution is -2.42. The molecule has 0 N–H and O–H groups in total. The molecule has 3 rings (SSSR count). The molecule has 0 aromatic heterocycles. The van der Waals surface area contributed by atoms with E-state index in [0.29, 0.717) is 36.4 Å². The summed E-state index contributed by atoms with van der Waals surface area (Å²) in [6, 6.07) is 12.6. The minimum Gasteiger partial charge on any atom is -0.465 e. The number of hydrogen-bond donors (Lipinski definition) is 0. The highest BCUT2D eigenvalue weighted by molar-refractivity contribution is 5.98. The van der Waals surface area contributed by atoms with E-state index in [9.17, 15) is 14.0 Å². The fourth-order valence-electron chi connectivity index (χ4n) is 2.82. The number of rotatable bonds is 3. The third-order valence-corrected chi connectivity index (χ3v) is 4.10. The predicted octanol–water partition coefficient (Wildman–Crippen LogP) is 2.83. The lowest BCUT2D eigenvalue weighted by molar-refractivity contribution is -0.0229. The Morgan fingerprint density at radius 1 is 1.16 bits per heavy atom. The van der Waals surface area contributed by atoms with E-state index in [1.165, 1.54) is 25.3 Å². The minimum absolute atomic E-state index is 0.199. The zero-order chi connectivity index (χ0) is 17.8. The number of amides is 1. The first-order chi connectivity index (χ1) is 12.1. The van der Waals surface area contributed by atoms with Crippen LogP contribution in [-0.2, 0) is 9.47 Å². The van der Waals surface area contributed by atoms with E-state index in [-0.39, 0.29) is 17.8 Å². The summed E-state index contributed by atoms with van der Waals surface area (Å²) in [7, 11) is 1.29. The smallest absolute Gasteiger partial charge is 0.337 e. The molecule has 0 bridgehead atoms. The Labute approximate surface area is 145 Å². The van der Waals surface area contributed by atoms with Gasteiger partial charge in [-0.15, -0.1) is 0 Å². The molecular formula is C19H18FNO4. The van der Waals surface area contributed by atoms with Gasteiger partial charge in [0.25, 0.3) is 5.91 Å². The Kier molecular flexibility index (Phi) is 5.09. The number of esters is 1. The molecule has 0 saturated carbocycles. The van der Waals surface area contributed by atoms with Gasteiger partial charge in [0.1, 0.15) is 11.9 Å². The van der Waals surface area contributed by atoms with Gasteiger partial charge in [-0.2, -0.15) is 0 Å². The molecule has 0 aliphatic carbocycles. The number of halogens is 1. The first-order valence-electron chi connectivity index (χ1n) is 7.93. The topological polar surface area (TPSA) is 55.8 Å². The summed E-state index contributed by atoms with van der Waals surface area (Å²) in [5, 5.41) is 0. The average molecular weight is 343 g/mol. The molecule has 5 nitrogen and oxygen atoms in total. The normalized spacial score (nSPS) is 17.2. The molecule has 130 valence electrons. The number of carbonyl (C=O) groups excluding carboxylic acids is 2. The third kappa shape index (κ3) is 3.85. The molecule has 1 saturated heterocycles. The molecule has 2 aromatic rings. The van der Waals surface area contributed by atoms with Gasteiger partial charge in [-0.1, -0.05) is 18.2 Å². The van der Waals surface area contributed by atoms with Crippen molar-refractivity contribution in [3.8, 4) is 0 Å². The van der Waals surface area contributed by atoms with Crippen molar-refractivity contribution in [2.24, 2.45) is 0 Å². The van der Waals surface area contributed by atoms with Gasteiger partial charge in [0, 0.05) is 12.1 Å². The minimum atomic E-state index is -0.491. The summed E-state index contributed by atoms with van der Waals surface area (Å²) in [6.45, 7) is 1.13. The molecule has 6 heteroatoms. The van der Waals surface area contributed by atoms with E-state index in [4.69, 9.17) is 4.74 Å². The molecule has 1 fully saturated rings. The van der Waals surface area contributed by atoms with Crippen LogP contribution in [0, 0.1) is 5.82 Å². The molecule has 25 heavy (non-hydrogen) atoms. The second kappa shape index (κ2) is 7.44. The van der Waals surface area contributed by atoms with Gasteiger partial charge in [-0.05, 0) is 35.9 Å². The molecule has 0 unspecified atom stereocenters. The highest BCUT2D eigenvalue weighted by Gasteiger charge is 2.26. The largest absolute Gasteiger partial charge is 0.465 e. The second-order valence-electron chi connectivity index (χ2n) is 5.74. The number of morpholine rings is 1. The van der Waals surface area contributed by atoms with E-state index in [0.717, 1.165) is 0 Å². The maximum atomic E-state index is 13.4. The zero-order valence-electron chi connectivity index (χ0n) is 13.8. The van der Waals surface area contributed by atoms with E-state index in [2.05, 4.69) is 4.74 Å². The standard InChI is InChI=1S/C19H18FNO4/c1-24-19(23)15-6-2-5-14(10-15)18(22)21-8-9-25-17(12-21)13-4-3-7-16(20)11-13/h2-7,10-11,17H,8-9,12H2,1H3/t17-/m1/s1. The Bertz CT molecular complexity index is 792. The highest BCUT2D eigenvalue weighted by atomic mass is 19.1. The molecule has 1 heterocycles. The second-order valence-corrected chi connectivity index (χ2v) is 5.74. The summed E-state index contributed by atoms with van der Waals surface area (Å²) in [4.78, 5) is 26.0. The molecule has 0 spiro atoms. The first-order valence-corrected chi connectivity index (χ1v) is 7.93. The first kappa shape index (κ1) is 17.1. The number of benzene rings is 2. The van der Waals surface area contributed by atoms with Crippen molar-refractivity contribution < 1.29 is 23.5 Å². The van der Waals surface area contributed by atoms with Gasteiger partial charge in [0.2, 0.25) is 0 Å². The van der Waals surface area contributed by atoms with Crippen LogP contribution in [0.2, 0.25) is 0 Å². The van der Waals surface area contributed by atoms with Gasteiger partial charge >= 0.3 is 5.97 Å². The Hall–Kier alpha value is -2.73. The number of methoxy groups -OCH3 is 1. The van der Waals surface area contributed by atoms with Crippen molar-refractivity contribution in [3.05, 3.63) is 71.0 Å². The molecule has 1 aliphatic rings. The van der Waals surface area contributed by atoms with Crippen molar-refractivity contribution in [1.29, 1.82) is 0 Å². The lowest BCUT2D eigenvalue weighted by atomic mass is 10.1. The Morgan fingerprint density at radius 3 is 2.68 bits per heavy atom. The molecule has 1 atom stereocenters. The van der Waals surface area contributed by atoms with Crippen molar-refractivity contribution >= 4 is 11.9 Å². The fourth-order valence-corrected chi connectivity index (χ4v) is 2.82. The van der Waals surface area contributed by atoms with Crippen molar-refractivity contribution in [2.75, 3.05) is 26.8 Å². The van der Waals surface area contributed by atoms with Crippen LogP contribution >= 0.6 is 0 Å². The summed E-state index contributed by atoms with van der Waals surface area (Å²) in [5.41, 5.74) is 1.42. The molecule has 0 radical (unpaired) electrons. The fraction of sp³-hybridized carbons (Fsp3) is 0.263. The maximum Gasteiger partial charge on any atom is 0.337 e. The summed E-state index contributed by atoms with van der Waals surface area (Å²) in [6.07, 6.45) is -0.378. The molecular weight excluding hydrogens is 325 g/mol. The summed E-state index contributed by atoms with van der Waals surface area (Å²) < 4.78 is 23.8. The lowest BCUT2D eigenvalue weighted by Gasteiger charge is -2.33. The van der Waals surface area contributed by atoms with Crippen molar-refractivity contribution in [2.45, 2.75) is 6.10 Å². The molecule has 1 aliphatic heterocycles. The van der Waals surface area contributed by atoms with Crippen LogP contribution in [0.25, 0.3) is 0 Å². The van der Waals surface area contributed by atoms with Gasteiger partial charge in [-0.3, -0.25) is 4.79 Å². The highest BCUT2D eigenvalue weighted by Crippen LogP contribution is 2.24. The van der Waals surface area contributed by atoms with Crippen LogP contribution in [0.5, 0.6) is 0 Å². The van der Waals surface area contributed by atoms with Crippen LogP contribution in [0.3, 0.4) is 0 Å². The third-order valence-electron chi connectivity index (χ3n) is 4.10. The quantitative estimate of drug-likeness (QED) is 0.804. The monoisotopic (exact) mass is 343 g/mol. The predicted molar refractivity (Wildman–Crippen MR) is 88.8 cm³/mol. The van der Waals surface area contributed by atoms with Crippen LogP contribution in [0.1, 0.15) is 32.4 Å². The summed E-state index contributed by atoms with van der Waals surface area (Å²) >= 11 is 0. The van der Waals surface area contributed by atoms with Crippen molar-refractivity contribution in [1.82, 2.24) is 4.90 Å². The van der Waals surface area contributed by atoms with E-state index >= 15 is 0 Å². The van der Waals surface area contributed by atoms with Gasteiger partial charge in [0.05, 0.1) is 25.8 Å². The van der Waals surface area contributed by atoms with E-state index < -0.39 is 5.97 Å². The van der Waals surface area contributed by atoms with Crippen molar-refractivity contribution in [3.63, 3.8) is 0 Å². The van der Waals surface area contributed by atoms with Gasteiger partial charge in [-0.25, -0.2) is 9.18 Å². The van der Waals surface area contributed by atoms with Crippen LogP contribution in [-0.4, -0.2) is 43.6 Å². The number of carbonyl (C=O) groups is 2.